The van der Waals surface area contributed by atoms with Crippen LogP contribution in [0.15, 0.2) is 24.3 Å². The zero-order valence-electron chi connectivity index (χ0n) is 10.3. The monoisotopic (exact) mass is 268 g/mol. The molecule has 0 aliphatic carbocycles. The van der Waals surface area contributed by atoms with E-state index in [-0.39, 0.29) is 5.91 Å². The van der Waals surface area contributed by atoms with Crippen molar-refractivity contribution in [1.29, 1.82) is 0 Å². The number of carbonyl (C=O) groups excluding carboxylic acids is 1. The molecule has 2 N–H and O–H groups in total. The number of nitrogens with one attached hydrogen (secondary N) is 1. The normalized spacial score (nSPS) is 24.2. The summed E-state index contributed by atoms with van der Waals surface area (Å²) in [6.45, 7) is 3.39. The minimum absolute atomic E-state index is 0.0741. The number of rotatable bonds is 3. The van der Waals surface area contributed by atoms with E-state index >= 15 is 0 Å². The third kappa shape index (κ3) is 3.70. The molecule has 1 aliphatic rings. The molecule has 4 nitrogen and oxygen atoms in total. The number of likely N-dealkylation sites (tertiary alicyclic amines) is 1. The van der Waals surface area contributed by atoms with Gasteiger partial charge in [-0.2, -0.15) is 0 Å². The smallest absolute Gasteiger partial charge is 0.238 e. The van der Waals surface area contributed by atoms with Gasteiger partial charge in [-0.05, 0) is 37.6 Å². The van der Waals surface area contributed by atoms with Crippen LogP contribution in [0.4, 0.5) is 5.69 Å². The van der Waals surface area contributed by atoms with Crippen LogP contribution in [0.5, 0.6) is 0 Å². The highest BCUT2D eigenvalue weighted by Crippen LogP contribution is 2.20. The predicted octanol–water partition coefficient (Wildman–Crippen LogP) is 1.74. The summed E-state index contributed by atoms with van der Waals surface area (Å²) in [7, 11) is 0. The molecule has 1 atom stereocenters. The van der Waals surface area contributed by atoms with Gasteiger partial charge >= 0.3 is 0 Å². The number of carbonyl (C=O) groups is 1. The first kappa shape index (κ1) is 13.3. The third-order valence-corrected chi connectivity index (χ3v) is 3.28. The summed E-state index contributed by atoms with van der Waals surface area (Å²) in [5, 5.41) is 13.3. The standard InChI is InChI=1S/C13H17ClN2O2/c1-13(18)6-7-16(9-13)8-12(17)15-11-4-2-10(14)3-5-11/h2-5,18H,6-9H2,1H3,(H,15,17). The van der Waals surface area contributed by atoms with E-state index in [1.807, 2.05) is 4.90 Å². The SMILES string of the molecule is CC1(O)CCN(CC(=O)Nc2ccc(Cl)cc2)C1. The number of halogens is 1. The van der Waals surface area contributed by atoms with Gasteiger partial charge in [0.05, 0.1) is 12.1 Å². The van der Waals surface area contributed by atoms with Crippen molar-refractivity contribution in [3.63, 3.8) is 0 Å². The van der Waals surface area contributed by atoms with Crippen LogP contribution in [0.25, 0.3) is 0 Å². The molecular formula is C13H17ClN2O2. The zero-order chi connectivity index (χ0) is 13.2. The number of hydrogen-bond acceptors (Lipinski definition) is 3. The molecule has 2 rings (SSSR count). The lowest BCUT2D eigenvalue weighted by Crippen LogP contribution is -2.35. The van der Waals surface area contributed by atoms with Crippen LogP contribution in [0.2, 0.25) is 5.02 Å². The number of anilines is 1. The van der Waals surface area contributed by atoms with Gasteiger partial charge in [0, 0.05) is 23.8 Å². The van der Waals surface area contributed by atoms with Gasteiger partial charge in [-0.1, -0.05) is 11.6 Å². The van der Waals surface area contributed by atoms with Crippen LogP contribution in [0.3, 0.4) is 0 Å². The summed E-state index contributed by atoms with van der Waals surface area (Å²) in [6.07, 6.45) is 0.710. The van der Waals surface area contributed by atoms with E-state index in [1.165, 1.54) is 0 Å². The van der Waals surface area contributed by atoms with Crippen molar-refractivity contribution >= 4 is 23.2 Å². The van der Waals surface area contributed by atoms with E-state index in [1.54, 1.807) is 31.2 Å². The van der Waals surface area contributed by atoms with Crippen molar-refractivity contribution in [2.45, 2.75) is 18.9 Å². The Balaban J connectivity index is 1.84. The molecular weight excluding hydrogens is 252 g/mol. The van der Waals surface area contributed by atoms with Gasteiger partial charge in [-0.25, -0.2) is 0 Å². The van der Waals surface area contributed by atoms with E-state index < -0.39 is 5.60 Å². The largest absolute Gasteiger partial charge is 0.389 e. The van der Waals surface area contributed by atoms with Gasteiger partial charge in [0.25, 0.3) is 0 Å². The summed E-state index contributed by atoms with van der Waals surface area (Å²) in [6, 6.07) is 7.00. The maximum atomic E-state index is 11.8. The van der Waals surface area contributed by atoms with E-state index in [0.717, 1.165) is 12.2 Å². The van der Waals surface area contributed by atoms with Gasteiger partial charge in [0.15, 0.2) is 0 Å². The molecule has 0 bridgehead atoms. The summed E-state index contributed by atoms with van der Waals surface area (Å²) in [5.74, 6) is -0.0741. The number of hydrogen-bond donors (Lipinski definition) is 2. The summed E-state index contributed by atoms with van der Waals surface area (Å²) in [5.41, 5.74) is 0.0657. The molecule has 1 fully saturated rings. The number of aliphatic hydroxyl groups is 1. The second-order valence-electron chi connectivity index (χ2n) is 5.01. The van der Waals surface area contributed by atoms with Crippen LogP contribution in [-0.2, 0) is 4.79 Å². The number of benzene rings is 1. The molecule has 1 heterocycles. The quantitative estimate of drug-likeness (QED) is 0.878. The van der Waals surface area contributed by atoms with E-state index in [0.29, 0.717) is 24.5 Å². The molecule has 1 saturated heterocycles. The van der Waals surface area contributed by atoms with Crippen molar-refractivity contribution in [3.8, 4) is 0 Å². The molecule has 0 aromatic heterocycles. The molecule has 1 aromatic carbocycles. The fraction of sp³-hybridized carbons (Fsp3) is 0.462. The minimum atomic E-state index is -0.666. The van der Waals surface area contributed by atoms with Crippen LogP contribution < -0.4 is 5.32 Å². The highest BCUT2D eigenvalue weighted by molar-refractivity contribution is 6.30. The first-order chi connectivity index (χ1) is 8.44. The molecule has 0 spiro atoms. The van der Waals surface area contributed by atoms with E-state index in [2.05, 4.69) is 5.32 Å². The van der Waals surface area contributed by atoms with Crippen molar-refractivity contribution in [2.75, 3.05) is 25.0 Å². The number of β-amino-alcohol motifs (C(OH)–C–C–N with tert-alkyl or cyclic N) is 1. The Morgan fingerprint density at radius 1 is 1.50 bits per heavy atom. The van der Waals surface area contributed by atoms with Gasteiger partial charge in [0.1, 0.15) is 0 Å². The second-order valence-corrected chi connectivity index (χ2v) is 5.45. The first-order valence-electron chi connectivity index (χ1n) is 5.95. The molecule has 98 valence electrons. The fourth-order valence-corrected chi connectivity index (χ4v) is 2.24. The van der Waals surface area contributed by atoms with Gasteiger partial charge in [-0.3, -0.25) is 9.69 Å². The molecule has 5 heteroatoms. The highest BCUT2D eigenvalue weighted by Gasteiger charge is 2.31. The molecule has 18 heavy (non-hydrogen) atoms. The van der Waals surface area contributed by atoms with Crippen molar-refractivity contribution in [2.24, 2.45) is 0 Å². The van der Waals surface area contributed by atoms with E-state index in [4.69, 9.17) is 11.6 Å². The van der Waals surface area contributed by atoms with Crippen LogP contribution >= 0.6 is 11.6 Å². The Hall–Kier alpha value is -1.10. The molecule has 1 aliphatic heterocycles. The topological polar surface area (TPSA) is 52.6 Å². The predicted molar refractivity (Wildman–Crippen MR) is 71.8 cm³/mol. The highest BCUT2D eigenvalue weighted by atomic mass is 35.5. The van der Waals surface area contributed by atoms with Crippen molar-refractivity contribution in [3.05, 3.63) is 29.3 Å². The second kappa shape index (κ2) is 5.26. The fourth-order valence-electron chi connectivity index (χ4n) is 2.11. The molecule has 1 aromatic rings. The Morgan fingerprint density at radius 2 is 2.17 bits per heavy atom. The van der Waals surface area contributed by atoms with Crippen LogP contribution in [-0.4, -0.2) is 41.1 Å². The molecule has 0 saturated carbocycles. The van der Waals surface area contributed by atoms with Gasteiger partial charge in [0.2, 0.25) is 5.91 Å². The minimum Gasteiger partial charge on any atom is -0.389 e. The number of amides is 1. The van der Waals surface area contributed by atoms with E-state index in [9.17, 15) is 9.90 Å². The maximum Gasteiger partial charge on any atom is 0.238 e. The van der Waals surface area contributed by atoms with Crippen molar-refractivity contribution < 1.29 is 9.90 Å². The average molecular weight is 269 g/mol. The van der Waals surface area contributed by atoms with Crippen LogP contribution in [0.1, 0.15) is 13.3 Å². The van der Waals surface area contributed by atoms with Crippen LogP contribution in [0, 0.1) is 0 Å². The lowest BCUT2D eigenvalue weighted by molar-refractivity contribution is -0.117. The summed E-state index contributed by atoms with van der Waals surface area (Å²) >= 11 is 5.77. The average Bonchev–Trinajstić information content (AvgIpc) is 2.61. The Labute approximate surface area is 112 Å². The summed E-state index contributed by atoms with van der Waals surface area (Å²) < 4.78 is 0. The Morgan fingerprint density at radius 3 is 2.72 bits per heavy atom. The lowest BCUT2D eigenvalue weighted by Gasteiger charge is -2.18. The van der Waals surface area contributed by atoms with Gasteiger partial charge in [-0.15, -0.1) is 0 Å². The third-order valence-electron chi connectivity index (χ3n) is 3.03. The van der Waals surface area contributed by atoms with Gasteiger partial charge < -0.3 is 10.4 Å². The molecule has 1 amide bonds. The summed E-state index contributed by atoms with van der Waals surface area (Å²) in [4.78, 5) is 13.7. The lowest BCUT2D eigenvalue weighted by atomic mass is 10.1. The Bertz CT molecular complexity index is 431. The zero-order valence-corrected chi connectivity index (χ0v) is 11.1. The Kier molecular flexibility index (Phi) is 3.90. The molecule has 0 radical (unpaired) electrons. The maximum absolute atomic E-state index is 11.8. The number of nitrogens with zero attached hydrogens (tertiary/aromatic N) is 1. The first-order valence-corrected chi connectivity index (χ1v) is 6.33. The molecule has 1 unspecified atom stereocenters. The van der Waals surface area contributed by atoms with Crippen molar-refractivity contribution in [1.82, 2.24) is 4.90 Å².